The number of amides is 1. The number of aryl methyl sites for hydroxylation is 1. The van der Waals surface area contributed by atoms with Gasteiger partial charge in [-0.15, -0.1) is 0 Å². The molecule has 1 atom stereocenters. The average Bonchev–Trinajstić information content (AvgIpc) is 2.84. The number of aliphatic imine (C=N–C) groups is 1. The zero-order chi connectivity index (χ0) is 23.2. The van der Waals surface area contributed by atoms with E-state index in [1.54, 1.807) is 0 Å². The Kier molecular flexibility index (Phi) is 7.35. The number of rotatable bonds is 6. The van der Waals surface area contributed by atoms with Gasteiger partial charge in [0, 0.05) is 57.3 Å². The highest BCUT2D eigenvalue weighted by molar-refractivity contribution is 6.14. The van der Waals surface area contributed by atoms with Crippen LogP contribution in [-0.4, -0.2) is 72.1 Å². The van der Waals surface area contributed by atoms with Crippen molar-refractivity contribution in [3.05, 3.63) is 82.6 Å². The smallest absolute Gasteiger partial charge is 0.253 e. The van der Waals surface area contributed by atoms with E-state index in [0.717, 1.165) is 30.8 Å². The molecule has 33 heavy (non-hydrogen) atoms. The van der Waals surface area contributed by atoms with Crippen LogP contribution in [0.25, 0.3) is 0 Å². The van der Waals surface area contributed by atoms with E-state index in [4.69, 9.17) is 0 Å². The van der Waals surface area contributed by atoms with Crippen LogP contribution in [0.5, 0.6) is 0 Å². The van der Waals surface area contributed by atoms with Gasteiger partial charge in [0.15, 0.2) is 5.78 Å². The highest BCUT2D eigenvalue weighted by Gasteiger charge is 2.27. The molecule has 0 radical (unpaired) electrons. The van der Waals surface area contributed by atoms with Crippen molar-refractivity contribution in [2.75, 3.05) is 39.3 Å². The fraction of sp³-hybridized carbons (Fsp3) is 0.370. The monoisotopic (exact) mass is 445 g/mol. The Balaban J connectivity index is 1.24. The first-order valence-corrected chi connectivity index (χ1v) is 11.6. The summed E-state index contributed by atoms with van der Waals surface area (Å²) in [7, 11) is 0. The minimum atomic E-state index is -0.0545. The lowest BCUT2D eigenvalue weighted by atomic mass is 9.83. The molecule has 6 nitrogen and oxygen atoms in total. The molecule has 1 N–H and O–H groups in total. The Bertz CT molecular complexity index is 1040. The largest absolute Gasteiger partial charge is 0.511 e. The molecule has 0 bridgehead atoms. The number of carbonyl (C=O) groups is 2. The molecule has 1 unspecified atom stereocenters. The summed E-state index contributed by atoms with van der Waals surface area (Å²) in [6.07, 6.45) is 2.40. The number of hydrogen-bond acceptors (Lipinski definition) is 5. The maximum Gasteiger partial charge on any atom is 0.253 e. The first-order valence-electron chi connectivity index (χ1n) is 11.6. The van der Waals surface area contributed by atoms with Gasteiger partial charge in [-0.1, -0.05) is 48.0 Å². The summed E-state index contributed by atoms with van der Waals surface area (Å²) in [5, 5.41) is 10.5. The maximum absolute atomic E-state index is 12.6. The number of carbonyl (C=O) groups excluding carboxylic acids is 2. The van der Waals surface area contributed by atoms with Gasteiger partial charge in [-0.2, -0.15) is 0 Å². The van der Waals surface area contributed by atoms with Gasteiger partial charge >= 0.3 is 0 Å². The molecule has 0 aromatic heterocycles. The average molecular weight is 446 g/mol. The molecule has 1 aliphatic heterocycles. The lowest BCUT2D eigenvalue weighted by molar-refractivity contribution is -0.116. The Labute approximate surface area is 195 Å². The molecule has 1 aliphatic carbocycles. The second-order valence-corrected chi connectivity index (χ2v) is 8.83. The molecule has 2 aliphatic rings. The van der Waals surface area contributed by atoms with Gasteiger partial charge in [-0.05, 0) is 30.5 Å². The molecule has 2 aromatic rings. The van der Waals surface area contributed by atoms with Crippen molar-refractivity contribution in [3.8, 4) is 0 Å². The van der Waals surface area contributed by atoms with Gasteiger partial charge in [0.05, 0.1) is 12.1 Å². The van der Waals surface area contributed by atoms with E-state index in [9.17, 15) is 14.7 Å². The second-order valence-electron chi connectivity index (χ2n) is 8.83. The minimum Gasteiger partial charge on any atom is -0.511 e. The summed E-state index contributed by atoms with van der Waals surface area (Å²) in [4.78, 5) is 33.7. The van der Waals surface area contributed by atoms with Crippen LogP contribution in [0.2, 0.25) is 0 Å². The number of aliphatic hydroxyl groups excluding tert-OH is 1. The molecule has 172 valence electrons. The Morgan fingerprint density at radius 2 is 1.73 bits per heavy atom. The molecule has 0 saturated carbocycles. The Morgan fingerprint density at radius 1 is 1.03 bits per heavy atom. The fourth-order valence-corrected chi connectivity index (χ4v) is 4.42. The first kappa shape index (κ1) is 22.9. The first-order chi connectivity index (χ1) is 16.0. The van der Waals surface area contributed by atoms with Crippen molar-refractivity contribution in [1.29, 1.82) is 0 Å². The molecule has 6 heteroatoms. The summed E-state index contributed by atoms with van der Waals surface area (Å²) in [5.74, 6) is 0.176. The number of ketones is 1. The van der Waals surface area contributed by atoms with Crippen molar-refractivity contribution in [1.82, 2.24) is 9.80 Å². The lowest BCUT2D eigenvalue weighted by Crippen LogP contribution is -2.49. The summed E-state index contributed by atoms with van der Waals surface area (Å²) >= 11 is 0. The van der Waals surface area contributed by atoms with Crippen LogP contribution < -0.4 is 0 Å². The summed E-state index contributed by atoms with van der Waals surface area (Å²) in [5.41, 5.74) is 3.33. The second kappa shape index (κ2) is 10.6. The quantitative estimate of drug-likeness (QED) is 0.687. The van der Waals surface area contributed by atoms with Crippen molar-refractivity contribution in [2.45, 2.75) is 25.7 Å². The zero-order valence-corrected chi connectivity index (χ0v) is 19.1. The Morgan fingerprint density at radius 3 is 2.39 bits per heavy atom. The van der Waals surface area contributed by atoms with Crippen LogP contribution >= 0.6 is 0 Å². The molecule has 0 spiro atoms. The minimum absolute atomic E-state index is 0.0187. The predicted molar refractivity (Wildman–Crippen MR) is 130 cm³/mol. The van der Waals surface area contributed by atoms with Crippen LogP contribution in [0.3, 0.4) is 0 Å². The topological polar surface area (TPSA) is 73.2 Å². The molecule has 1 amide bonds. The molecule has 1 heterocycles. The SMILES string of the molecule is Cc1ccc(C2CC(=O)C(C=NCCN3CCN(C(=O)c4ccccc4)CC3)=C(O)C2)cc1. The van der Waals surface area contributed by atoms with E-state index in [1.807, 2.05) is 66.4 Å². The number of hydrogen-bond donors (Lipinski definition) is 1. The van der Waals surface area contributed by atoms with Crippen LogP contribution in [-0.2, 0) is 4.79 Å². The van der Waals surface area contributed by atoms with Gasteiger partial charge < -0.3 is 10.0 Å². The van der Waals surface area contributed by atoms with Crippen molar-refractivity contribution in [2.24, 2.45) is 4.99 Å². The number of allylic oxidation sites excluding steroid dienone is 2. The standard InChI is InChI=1S/C27H31N3O3/c1-20-7-9-21(10-8-20)23-17-25(31)24(26(32)18-23)19-28-11-12-29-13-15-30(16-14-29)27(33)22-5-3-2-4-6-22/h2-10,19,23,31H,11-18H2,1H3. The van der Waals surface area contributed by atoms with Gasteiger partial charge in [-0.25, -0.2) is 0 Å². The van der Waals surface area contributed by atoms with Crippen molar-refractivity contribution in [3.63, 3.8) is 0 Å². The van der Waals surface area contributed by atoms with Crippen LogP contribution in [0.4, 0.5) is 0 Å². The van der Waals surface area contributed by atoms with E-state index in [1.165, 1.54) is 11.8 Å². The normalized spacial score (nSPS) is 20.0. The van der Waals surface area contributed by atoms with E-state index in [-0.39, 0.29) is 23.4 Å². The number of nitrogens with zero attached hydrogens (tertiary/aromatic N) is 3. The molecule has 4 rings (SSSR count). The van der Waals surface area contributed by atoms with Gasteiger partial charge in [0.1, 0.15) is 5.76 Å². The third-order valence-corrected chi connectivity index (χ3v) is 6.48. The van der Waals surface area contributed by atoms with E-state index in [0.29, 0.717) is 38.0 Å². The van der Waals surface area contributed by atoms with Gasteiger partial charge in [0.2, 0.25) is 0 Å². The lowest BCUT2D eigenvalue weighted by Gasteiger charge is -2.34. The number of piperazine rings is 1. The number of Topliss-reactive ketones (excluding diaryl/α,β-unsaturated/α-hetero) is 1. The molecule has 1 fully saturated rings. The fourth-order valence-electron chi connectivity index (χ4n) is 4.42. The van der Waals surface area contributed by atoms with E-state index < -0.39 is 0 Å². The zero-order valence-electron chi connectivity index (χ0n) is 19.1. The maximum atomic E-state index is 12.6. The van der Waals surface area contributed by atoms with Crippen molar-refractivity contribution < 1.29 is 14.7 Å². The van der Waals surface area contributed by atoms with E-state index in [2.05, 4.69) is 9.89 Å². The number of benzene rings is 2. The van der Waals surface area contributed by atoms with Crippen LogP contribution in [0, 0.1) is 6.92 Å². The molecule has 2 aromatic carbocycles. The van der Waals surface area contributed by atoms with Crippen LogP contribution in [0.15, 0.2) is 70.9 Å². The van der Waals surface area contributed by atoms with Crippen molar-refractivity contribution >= 4 is 17.9 Å². The van der Waals surface area contributed by atoms with Gasteiger partial charge in [-0.3, -0.25) is 19.5 Å². The summed E-state index contributed by atoms with van der Waals surface area (Å²) in [6.45, 7) is 6.35. The molecular formula is C27H31N3O3. The summed E-state index contributed by atoms with van der Waals surface area (Å²) < 4.78 is 0. The van der Waals surface area contributed by atoms with E-state index >= 15 is 0 Å². The van der Waals surface area contributed by atoms with Crippen LogP contribution in [0.1, 0.15) is 40.2 Å². The third kappa shape index (κ3) is 5.76. The third-order valence-electron chi connectivity index (χ3n) is 6.48. The summed E-state index contributed by atoms with van der Waals surface area (Å²) in [6, 6.07) is 17.5. The molecule has 1 saturated heterocycles. The van der Waals surface area contributed by atoms with Gasteiger partial charge in [0.25, 0.3) is 5.91 Å². The number of aliphatic hydroxyl groups is 1. The highest BCUT2D eigenvalue weighted by Crippen LogP contribution is 2.33. The predicted octanol–water partition coefficient (Wildman–Crippen LogP) is 3.78. The molecular weight excluding hydrogens is 414 g/mol. The highest BCUT2D eigenvalue weighted by atomic mass is 16.3. The Hall–Kier alpha value is -3.25.